The Balaban J connectivity index is 1.59. The van der Waals surface area contributed by atoms with E-state index < -0.39 is 17.9 Å². The molecule has 0 bridgehead atoms. The molecule has 1 atom stereocenters. The van der Waals surface area contributed by atoms with Gasteiger partial charge >= 0.3 is 11.9 Å². The van der Waals surface area contributed by atoms with E-state index in [1.807, 2.05) is 54.8 Å². The first-order valence-corrected chi connectivity index (χ1v) is 12.8. The highest BCUT2D eigenvalue weighted by Gasteiger charge is 2.42. The number of dihydropyridines is 1. The SMILES string of the molecule is COC(=O)C1=C(C2CC2)NC(C)=C(C(C)=O)C1c1csc2c(C(=O)OCc3ccccc3)cccc12. The van der Waals surface area contributed by atoms with Gasteiger partial charge in [-0.3, -0.25) is 4.79 Å². The summed E-state index contributed by atoms with van der Waals surface area (Å²) < 4.78 is 11.6. The smallest absolute Gasteiger partial charge is 0.339 e. The summed E-state index contributed by atoms with van der Waals surface area (Å²) in [5.41, 5.74) is 4.80. The van der Waals surface area contributed by atoms with E-state index in [9.17, 15) is 14.4 Å². The van der Waals surface area contributed by atoms with Crippen LogP contribution in [0.4, 0.5) is 0 Å². The van der Waals surface area contributed by atoms with E-state index in [0.717, 1.165) is 45.4 Å². The van der Waals surface area contributed by atoms with E-state index in [1.54, 1.807) is 6.07 Å². The minimum atomic E-state index is -0.573. The number of allylic oxidation sites excluding steroid dienone is 3. The molecule has 2 aliphatic rings. The fraction of sp³-hybridized carbons (Fsp3) is 0.276. The second-order valence-electron chi connectivity index (χ2n) is 9.18. The van der Waals surface area contributed by atoms with Crippen molar-refractivity contribution >= 4 is 39.1 Å². The third kappa shape index (κ3) is 4.35. The summed E-state index contributed by atoms with van der Waals surface area (Å²) in [5, 5.41) is 6.11. The van der Waals surface area contributed by atoms with E-state index in [0.29, 0.717) is 16.7 Å². The summed E-state index contributed by atoms with van der Waals surface area (Å²) in [7, 11) is 1.36. The maximum absolute atomic E-state index is 13.1. The zero-order valence-corrected chi connectivity index (χ0v) is 21.2. The fourth-order valence-corrected chi connectivity index (χ4v) is 6.02. The molecule has 1 saturated carbocycles. The van der Waals surface area contributed by atoms with Crippen LogP contribution >= 0.6 is 11.3 Å². The van der Waals surface area contributed by atoms with Crippen LogP contribution in [0.25, 0.3) is 10.1 Å². The molecule has 1 unspecified atom stereocenters. The number of thiophene rings is 1. The van der Waals surface area contributed by atoms with Gasteiger partial charge in [0.15, 0.2) is 5.78 Å². The molecule has 184 valence electrons. The maximum Gasteiger partial charge on any atom is 0.339 e. The van der Waals surface area contributed by atoms with Gasteiger partial charge in [-0.1, -0.05) is 42.5 Å². The van der Waals surface area contributed by atoms with E-state index in [2.05, 4.69) is 5.32 Å². The Labute approximate surface area is 213 Å². The number of Topliss-reactive ketones (excluding diaryl/α,β-unsaturated/α-hetero) is 1. The summed E-state index contributed by atoms with van der Waals surface area (Å²) in [6.45, 7) is 3.57. The molecule has 3 aromatic rings. The summed E-state index contributed by atoms with van der Waals surface area (Å²) in [5.74, 6) is -1.30. The second kappa shape index (κ2) is 9.74. The summed E-state index contributed by atoms with van der Waals surface area (Å²) >= 11 is 1.42. The number of ether oxygens (including phenoxy) is 2. The molecule has 6 nitrogen and oxygen atoms in total. The Hall–Kier alpha value is -3.71. The number of nitrogens with one attached hydrogen (secondary N) is 1. The first-order chi connectivity index (χ1) is 17.4. The van der Waals surface area contributed by atoms with Crippen molar-refractivity contribution in [3.05, 3.63) is 93.1 Å². The fourth-order valence-electron chi connectivity index (χ4n) is 4.93. The molecule has 5 rings (SSSR count). The van der Waals surface area contributed by atoms with Crippen LogP contribution in [0.5, 0.6) is 0 Å². The van der Waals surface area contributed by atoms with E-state index >= 15 is 0 Å². The molecule has 0 saturated heterocycles. The van der Waals surface area contributed by atoms with Gasteiger partial charge in [-0.15, -0.1) is 11.3 Å². The molecule has 1 aromatic heterocycles. The zero-order valence-electron chi connectivity index (χ0n) is 20.4. The quantitative estimate of drug-likeness (QED) is 0.422. The minimum absolute atomic E-state index is 0.112. The number of hydrogen-bond donors (Lipinski definition) is 1. The lowest BCUT2D eigenvalue weighted by molar-refractivity contribution is -0.136. The third-order valence-corrected chi connectivity index (χ3v) is 7.78. The summed E-state index contributed by atoms with van der Waals surface area (Å²) in [6, 6.07) is 15.0. The number of esters is 2. The first kappa shape index (κ1) is 24.0. The molecular formula is C29H27NO5S. The number of carbonyl (C=O) groups is 3. The Kier molecular flexibility index (Phi) is 6.49. The van der Waals surface area contributed by atoms with Gasteiger partial charge in [0.05, 0.1) is 18.2 Å². The molecule has 0 spiro atoms. The zero-order chi connectivity index (χ0) is 25.4. The van der Waals surface area contributed by atoms with Gasteiger partial charge in [-0.2, -0.15) is 0 Å². The maximum atomic E-state index is 13.1. The molecular weight excluding hydrogens is 474 g/mol. The Bertz CT molecular complexity index is 1430. The van der Waals surface area contributed by atoms with Gasteiger partial charge in [0, 0.05) is 27.6 Å². The molecule has 2 aromatic carbocycles. The lowest BCUT2D eigenvalue weighted by Gasteiger charge is -2.31. The minimum Gasteiger partial charge on any atom is -0.466 e. The van der Waals surface area contributed by atoms with Crippen LogP contribution in [0.15, 0.2) is 76.5 Å². The standard InChI is InChI=1S/C29H27NO5S/c1-16-23(17(2)31)24(25(29(33)34-3)26(30-16)19-12-13-19)22-15-36-27-20(22)10-7-11-21(27)28(32)35-14-18-8-5-4-6-9-18/h4-11,15,19,24,30H,12-14H2,1-3H3. The number of carbonyl (C=O) groups excluding carboxylic acids is 3. The van der Waals surface area contributed by atoms with Crippen molar-refractivity contribution in [3.8, 4) is 0 Å². The lowest BCUT2D eigenvalue weighted by atomic mass is 9.78. The number of rotatable bonds is 7. The van der Waals surface area contributed by atoms with Gasteiger partial charge in [0.2, 0.25) is 0 Å². The number of hydrogen-bond acceptors (Lipinski definition) is 7. The first-order valence-electron chi connectivity index (χ1n) is 11.9. The predicted octanol–water partition coefficient (Wildman–Crippen LogP) is 5.65. The van der Waals surface area contributed by atoms with Crippen molar-refractivity contribution in [1.29, 1.82) is 0 Å². The molecule has 1 N–H and O–H groups in total. The number of fused-ring (bicyclic) bond motifs is 1. The molecule has 1 aliphatic carbocycles. The van der Waals surface area contributed by atoms with Gasteiger partial charge in [-0.05, 0) is 60.6 Å². The van der Waals surface area contributed by atoms with E-state index in [-0.39, 0.29) is 18.3 Å². The number of benzene rings is 2. The average Bonchev–Trinajstić information content (AvgIpc) is 3.64. The lowest BCUT2D eigenvalue weighted by Crippen LogP contribution is -2.32. The monoisotopic (exact) mass is 501 g/mol. The number of methoxy groups -OCH3 is 1. The van der Waals surface area contributed by atoms with Gasteiger partial charge in [0.25, 0.3) is 0 Å². The Morgan fingerprint density at radius 3 is 2.42 bits per heavy atom. The van der Waals surface area contributed by atoms with Crippen molar-refractivity contribution in [2.45, 2.75) is 39.2 Å². The van der Waals surface area contributed by atoms with Gasteiger partial charge in [0.1, 0.15) is 6.61 Å². The van der Waals surface area contributed by atoms with Crippen molar-refractivity contribution in [2.75, 3.05) is 7.11 Å². The molecule has 0 amide bonds. The second-order valence-corrected chi connectivity index (χ2v) is 10.1. The number of ketones is 1. The van der Waals surface area contributed by atoms with Crippen LogP contribution in [0.3, 0.4) is 0 Å². The van der Waals surface area contributed by atoms with Crippen LogP contribution in [-0.2, 0) is 25.7 Å². The van der Waals surface area contributed by atoms with Gasteiger partial charge < -0.3 is 14.8 Å². The van der Waals surface area contributed by atoms with Crippen LogP contribution in [0, 0.1) is 5.92 Å². The highest BCUT2D eigenvalue weighted by atomic mass is 32.1. The van der Waals surface area contributed by atoms with E-state index in [4.69, 9.17) is 9.47 Å². The average molecular weight is 502 g/mol. The molecule has 0 radical (unpaired) electrons. The topological polar surface area (TPSA) is 81.7 Å². The van der Waals surface area contributed by atoms with Crippen molar-refractivity contribution in [1.82, 2.24) is 5.32 Å². The Morgan fingerprint density at radius 2 is 1.75 bits per heavy atom. The van der Waals surface area contributed by atoms with Crippen molar-refractivity contribution in [2.24, 2.45) is 5.92 Å². The summed E-state index contributed by atoms with van der Waals surface area (Å²) in [6.07, 6.45) is 1.97. The third-order valence-electron chi connectivity index (χ3n) is 6.74. The normalized spacial score (nSPS) is 17.7. The van der Waals surface area contributed by atoms with Crippen LogP contribution < -0.4 is 5.32 Å². The van der Waals surface area contributed by atoms with Crippen LogP contribution in [0.1, 0.15) is 54.1 Å². The van der Waals surface area contributed by atoms with Crippen LogP contribution in [-0.4, -0.2) is 24.8 Å². The summed E-state index contributed by atoms with van der Waals surface area (Å²) in [4.78, 5) is 39.0. The van der Waals surface area contributed by atoms with Crippen molar-refractivity contribution < 1.29 is 23.9 Å². The molecule has 1 fully saturated rings. The molecule has 7 heteroatoms. The molecule has 36 heavy (non-hydrogen) atoms. The van der Waals surface area contributed by atoms with Gasteiger partial charge in [-0.25, -0.2) is 9.59 Å². The Morgan fingerprint density at radius 1 is 1.00 bits per heavy atom. The van der Waals surface area contributed by atoms with E-state index in [1.165, 1.54) is 25.4 Å². The highest BCUT2D eigenvalue weighted by Crippen LogP contribution is 2.48. The molecule has 2 heterocycles. The van der Waals surface area contributed by atoms with Crippen LogP contribution in [0.2, 0.25) is 0 Å². The highest BCUT2D eigenvalue weighted by molar-refractivity contribution is 7.17. The largest absolute Gasteiger partial charge is 0.466 e. The predicted molar refractivity (Wildman–Crippen MR) is 138 cm³/mol. The molecule has 1 aliphatic heterocycles. The van der Waals surface area contributed by atoms with Crippen molar-refractivity contribution in [3.63, 3.8) is 0 Å².